The van der Waals surface area contributed by atoms with Crippen LogP contribution in [0.3, 0.4) is 0 Å². The van der Waals surface area contributed by atoms with Gasteiger partial charge in [-0.2, -0.15) is 17.9 Å². The molecule has 12 heavy (non-hydrogen) atoms. The highest BCUT2D eigenvalue weighted by Gasteiger charge is 2.27. The van der Waals surface area contributed by atoms with Gasteiger partial charge in [0.15, 0.2) is 0 Å². The van der Waals surface area contributed by atoms with Crippen molar-refractivity contribution in [3.05, 3.63) is 0 Å². The summed E-state index contributed by atoms with van der Waals surface area (Å²) in [7, 11) is -3.39. The predicted octanol–water partition coefficient (Wildman–Crippen LogP) is -1.05. The van der Waals surface area contributed by atoms with Crippen LogP contribution in [0.4, 0.5) is 0 Å². The van der Waals surface area contributed by atoms with Crippen molar-refractivity contribution in [1.82, 2.24) is 9.44 Å². The average molecular weight is 194 g/mol. The second-order valence-electron chi connectivity index (χ2n) is 3.10. The molecule has 1 saturated carbocycles. The maximum atomic E-state index is 11.1. The van der Waals surface area contributed by atoms with Crippen molar-refractivity contribution in [2.24, 2.45) is 0 Å². The molecule has 1 aliphatic rings. The third kappa shape index (κ3) is 3.48. The van der Waals surface area contributed by atoms with Crippen molar-refractivity contribution in [2.45, 2.75) is 31.8 Å². The van der Waals surface area contributed by atoms with E-state index in [-0.39, 0.29) is 12.6 Å². The SMILES string of the molecule is C[C@H](CO)NS(=O)(=O)NC1CC1. The lowest BCUT2D eigenvalue weighted by molar-refractivity contribution is 0.265. The molecular formula is C6H14N2O3S. The molecule has 1 fully saturated rings. The van der Waals surface area contributed by atoms with Gasteiger partial charge in [0.25, 0.3) is 10.2 Å². The van der Waals surface area contributed by atoms with Crippen LogP contribution in [-0.2, 0) is 10.2 Å². The summed E-state index contributed by atoms with van der Waals surface area (Å²) in [4.78, 5) is 0. The standard InChI is InChI=1S/C6H14N2O3S/c1-5(4-9)7-12(10,11)8-6-2-3-6/h5-9H,2-4H2,1H3/t5-/m1/s1. The van der Waals surface area contributed by atoms with E-state index in [1.807, 2.05) is 0 Å². The maximum absolute atomic E-state index is 11.1. The molecule has 6 heteroatoms. The molecule has 3 N–H and O–H groups in total. The van der Waals surface area contributed by atoms with Gasteiger partial charge in [0.05, 0.1) is 6.61 Å². The lowest BCUT2D eigenvalue weighted by Gasteiger charge is -2.11. The van der Waals surface area contributed by atoms with Crippen LogP contribution in [0.25, 0.3) is 0 Å². The van der Waals surface area contributed by atoms with Crippen molar-refractivity contribution in [2.75, 3.05) is 6.61 Å². The molecule has 72 valence electrons. The van der Waals surface area contributed by atoms with E-state index in [0.29, 0.717) is 0 Å². The molecule has 0 saturated heterocycles. The molecule has 0 aliphatic heterocycles. The normalized spacial score (nSPS) is 20.8. The first-order chi connectivity index (χ1) is 5.53. The van der Waals surface area contributed by atoms with Crippen LogP contribution in [0.2, 0.25) is 0 Å². The highest BCUT2D eigenvalue weighted by atomic mass is 32.2. The van der Waals surface area contributed by atoms with Gasteiger partial charge in [0.2, 0.25) is 0 Å². The van der Waals surface area contributed by atoms with E-state index < -0.39 is 16.3 Å². The minimum Gasteiger partial charge on any atom is -0.395 e. The minimum absolute atomic E-state index is 0.105. The van der Waals surface area contributed by atoms with E-state index in [2.05, 4.69) is 9.44 Å². The van der Waals surface area contributed by atoms with Crippen molar-refractivity contribution in [3.63, 3.8) is 0 Å². The summed E-state index contributed by atoms with van der Waals surface area (Å²) < 4.78 is 27.0. The summed E-state index contributed by atoms with van der Waals surface area (Å²) in [6.45, 7) is 1.41. The number of aliphatic hydroxyl groups is 1. The Hall–Kier alpha value is -0.170. The lowest BCUT2D eigenvalue weighted by Crippen LogP contribution is -2.43. The first-order valence-electron chi connectivity index (χ1n) is 3.94. The highest BCUT2D eigenvalue weighted by Crippen LogP contribution is 2.19. The van der Waals surface area contributed by atoms with Gasteiger partial charge in [-0.05, 0) is 19.8 Å². The van der Waals surface area contributed by atoms with Gasteiger partial charge in [-0.1, -0.05) is 0 Å². The summed E-state index contributed by atoms with van der Waals surface area (Å²) in [5.74, 6) is 0. The molecule has 0 aromatic carbocycles. The molecule has 0 radical (unpaired) electrons. The summed E-state index contributed by atoms with van der Waals surface area (Å²) in [6, 6.07) is -0.324. The van der Waals surface area contributed by atoms with Crippen molar-refractivity contribution in [3.8, 4) is 0 Å². The first kappa shape index (κ1) is 9.91. The minimum atomic E-state index is -3.39. The van der Waals surface area contributed by atoms with Crippen LogP contribution in [0.5, 0.6) is 0 Å². The number of hydrogen-bond acceptors (Lipinski definition) is 3. The maximum Gasteiger partial charge on any atom is 0.277 e. The molecule has 0 aromatic heterocycles. The Kier molecular flexibility index (Phi) is 3.05. The second-order valence-corrected chi connectivity index (χ2v) is 4.58. The fourth-order valence-electron chi connectivity index (χ4n) is 0.757. The lowest BCUT2D eigenvalue weighted by atomic mass is 10.4. The molecule has 0 spiro atoms. The number of nitrogens with one attached hydrogen (secondary N) is 2. The smallest absolute Gasteiger partial charge is 0.277 e. The predicted molar refractivity (Wildman–Crippen MR) is 44.8 cm³/mol. The summed E-state index contributed by atoms with van der Waals surface area (Å²) in [5.41, 5.74) is 0. The van der Waals surface area contributed by atoms with Crippen LogP contribution in [0.15, 0.2) is 0 Å². The topological polar surface area (TPSA) is 78.4 Å². The highest BCUT2D eigenvalue weighted by molar-refractivity contribution is 7.87. The van der Waals surface area contributed by atoms with Gasteiger partial charge < -0.3 is 5.11 Å². The molecule has 0 unspecified atom stereocenters. The Morgan fingerprint density at radius 1 is 1.58 bits per heavy atom. The largest absolute Gasteiger partial charge is 0.395 e. The Bertz CT molecular complexity index is 235. The summed E-state index contributed by atoms with van der Waals surface area (Å²) in [6.07, 6.45) is 1.82. The summed E-state index contributed by atoms with van der Waals surface area (Å²) >= 11 is 0. The molecule has 1 atom stereocenters. The Labute approximate surface area is 72.3 Å². The molecule has 5 nitrogen and oxygen atoms in total. The second kappa shape index (κ2) is 3.69. The van der Waals surface area contributed by atoms with Gasteiger partial charge in [0.1, 0.15) is 0 Å². The third-order valence-corrected chi connectivity index (χ3v) is 2.89. The average Bonchev–Trinajstić information content (AvgIpc) is 2.69. The summed E-state index contributed by atoms with van der Waals surface area (Å²) in [5, 5.41) is 8.59. The van der Waals surface area contributed by atoms with Gasteiger partial charge in [0, 0.05) is 12.1 Å². The van der Waals surface area contributed by atoms with Crippen LogP contribution >= 0.6 is 0 Å². The zero-order valence-electron chi connectivity index (χ0n) is 6.95. The van der Waals surface area contributed by atoms with Crippen LogP contribution in [-0.4, -0.2) is 32.2 Å². The number of rotatable bonds is 5. The zero-order valence-corrected chi connectivity index (χ0v) is 7.76. The van der Waals surface area contributed by atoms with Crippen LogP contribution < -0.4 is 9.44 Å². The van der Waals surface area contributed by atoms with Crippen LogP contribution in [0, 0.1) is 0 Å². The number of aliphatic hydroxyl groups excluding tert-OH is 1. The van der Waals surface area contributed by atoms with E-state index in [1.54, 1.807) is 6.92 Å². The monoisotopic (exact) mass is 194 g/mol. The van der Waals surface area contributed by atoms with Crippen molar-refractivity contribution < 1.29 is 13.5 Å². The van der Waals surface area contributed by atoms with E-state index in [0.717, 1.165) is 12.8 Å². The van der Waals surface area contributed by atoms with Gasteiger partial charge in [-0.3, -0.25) is 0 Å². The van der Waals surface area contributed by atoms with Gasteiger partial charge in [-0.15, -0.1) is 0 Å². The van der Waals surface area contributed by atoms with Crippen molar-refractivity contribution in [1.29, 1.82) is 0 Å². The van der Waals surface area contributed by atoms with Crippen LogP contribution in [0.1, 0.15) is 19.8 Å². The Balaban J connectivity index is 2.36. The number of hydrogen-bond donors (Lipinski definition) is 3. The van der Waals surface area contributed by atoms with Crippen molar-refractivity contribution >= 4 is 10.2 Å². The molecule has 0 heterocycles. The quantitative estimate of drug-likeness (QED) is 0.523. The molecule has 1 aliphatic carbocycles. The van der Waals surface area contributed by atoms with E-state index in [4.69, 9.17) is 5.11 Å². The molecule has 1 rings (SSSR count). The Morgan fingerprint density at radius 3 is 2.58 bits per heavy atom. The van der Waals surface area contributed by atoms with E-state index in [9.17, 15) is 8.42 Å². The van der Waals surface area contributed by atoms with Gasteiger partial charge in [-0.25, -0.2) is 0 Å². The molecule has 0 bridgehead atoms. The Morgan fingerprint density at radius 2 is 2.17 bits per heavy atom. The van der Waals surface area contributed by atoms with Gasteiger partial charge >= 0.3 is 0 Å². The molecule has 0 aromatic rings. The fourth-order valence-corrected chi connectivity index (χ4v) is 2.10. The first-order valence-corrected chi connectivity index (χ1v) is 5.42. The van der Waals surface area contributed by atoms with E-state index >= 15 is 0 Å². The van der Waals surface area contributed by atoms with E-state index in [1.165, 1.54) is 0 Å². The fraction of sp³-hybridized carbons (Fsp3) is 1.00. The third-order valence-electron chi connectivity index (χ3n) is 1.53. The molecule has 0 amide bonds. The zero-order chi connectivity index (χ0) is 9.19. The molecular weight excluding hydrogens is 180 g/mol.